The van der Waals surface area contributed by atoms with Gasteiger partial charge in [-0.2, -0.15) is 0 Å². The summed E-state index contributed by atoms with van der Waals surface area (Å²) in [5.41, 5.74) is -0.318. The summed E-state index contributed by atoms with van der Waals surface area (Å²) in [7, 11) is 0. The lowest BCUT2D eigenvalue weighted by Crippen LogP contribution is -2.50. The SMILES string of the molecule is OC1(CNc2ccccc2F)CCCNC1. The van der Waals surface area contributed by atoms with Gasteiger partial charge in [-0.05, 0) is 31.5 Å². The number of hydrogen-bond acceptors (Lipinski definition) is 3. The van der Waals surface area contributed by atoms with Gasteiger partial charge in [0.15, 0.2) is 0 Å². The van der Waals surface area contributed by atoms with E-state index in [9.17, 15) is 9.50 Å². The van der Waals surface area contributed by atoms with Gasteiger partial charge in [-0.3, -0.25) is 0 Å². The first kappa shape index (κ1) is 11.4. The summed E-state index contributed by atoms with van der Waals surface area (Å²) in [5, 5.41) is 16.3. The fraction of sp³-hybridized carbons (Fsp3) is 0.500. The lowest BCUT2D eigenvalue weighted by atomic mass is 9.94. The van der Waals surface area contributed by atoms with Crippen molar-refractivity contribution < 1.29 is 9.50 Å². The molecule has 0 aliphatic carbocycles. The summed E-state index contributed by atoms with van der Waals surface area (Å²) in [4.78, 5) is 0. The van der Waals surface area contributed by atoms with Crippen LogP contribution in [0.25, 0.3) is 0 Å². The van der Waals surface area contributed by atoms with E-state index >= 15 is 0 Å². The number of piperidine rings is 1. The topological polar surface area (TPSA) is 44.3 Å². The number of rotatable bonds is 3. The quantitative estimate of drug-likeness (QED) is 0.726. The van der Waals surface area contributed by atoms with Gasteiger partial charge in [0.05, 0.1) is 11.3 Å². The predicted octanol–water partition coefficient (Wildman–Crippen LogP) is 1.35. The zero-order valence-corrected chi connectivity index (χ0v) is 9.17. The van der Waals surface area contributed by atoms with Gasteiger partial charge in [0.25, 0.3) is 0 Å². The zero-order valence-electron chi connectivity index (χ0n) is 9.17. The maximum atomic E-state index is 13.3. The van der Waals surface area contributed by atoms with Gasteiger partial charge in [-0.15, -0.1) is 0 Å². The van der Waals surface area contributed by atoms with Gasteiger partial charge < -0.3 is 15.7 Å². The van der Waals surface area contributed by atoms with Gasteiger partial charge in [0.1, 0.15) is 5.82 Å². The minimum atomic E-state index is -0.763. The molecule has 1 aromatic rings. The van der Waals surface area contributed by atoms with E-state index < -0.39 is 5.60 Å². The minimum absolute atomic E-state index is 0.283. The van der Waals surface area contributed by atoms with E-state index in [-0.39, 0.29) is 5.82 Å². The highest BCUT2D eigenvalue weighted by molar-refractivity contribution is 5.44. The van der Waals surface area contributed by atoms with Crippen LogP contribution in [0, 0.1) is 5.82 Å². The highest BCUT2D eigenvalue weighted by atomic mass is 19.1. The third kappa shape index (κ3) is 2.71. The summed E-state index contributed by atoms with van der Waals surface area (Å²) in [5.74, 6) is -0.283. The van der Waals surface area contributed by atoms with E-state index in [1.54, 1.807) is 18.2 Å². The molecule has 0 radical (unpaired) electrons. The molecule has 0 aromatic heterocycles. The molecule has 88 valence electrons. The lowest BCUT2D eigenvalue weighted by molar-refractivity contribution is 0.0292. The summed E-state index contributed by atoms with van der Waals surface area (Å²) < 4.78 is 13.3. The number of benzene rings is 1. The largest absolute Gasteiger partial charge is 0.387 e. The molecule has 1 unspecified atom stereocenters. The molecular weight excluding hydrogens is 207 g/mol. The number of para-hydroxylation sites is 1. The van der Waals surface area contributed by atoms with Gasteiger partial charge in [-0.1, -0.05) is 12.1 Å². The van der Waals surface area contributed by atoms with Crippen molar-refractivity contribution in [2.24, 2.45) is 0 Å². The Bertz CT molecular complexity index is 351. The maximum Gasteiger partial charge on any atom is 0.146 e. The first-order chi connectivity index (χ1) is 7.70. The number of anilines is 1. The van der Waals surface area contributed by atoms with E-state index in [1.165, 1.54) is 6.07 Å². The van der Waals surface area contributed by atoms with Crippen molar-refractivity contribution in [3.05, 3.63) is 30.1 Å². The Hall–Kier alpha value is -1.13. The van der Waals surface area contributed by atoms with Crippen LogP contribution in [-0.2, 0) is 0 Å². The Balaban J connectivity index is 1.94. The smallest absolute Gasteiger partial charge is 0.146 e. The highest BCUT2D eigenvalue weighted by Crippen LogP contribution is 2.18. The molecule has 1 fully saturated rings. The van der Waals surface area contributed by atoms with Crippen LogP contribution in [0.2, 0.25) is 0 Å². The van der Waals surface area contributed by atoms with Gasteiger partial charge in [0.2, 0.25) is 0 Å². The van der Waals surface area contributed by atoms with Crippen molar-refractivity contribution in [2.45, 2.75) is 18.4 Å². The number of nitrogens with one attached hydrogen (secondary N) is 2. The van der Waals surface area contributed by atoms with Gasteiger partial charge in [0, 0.05) is 13.1 Å². The van der Waals surface area contributed by atoms with E-state index in [2.05, 4.69) is 10.6 Å². The molecule has 0 bridgehead atoms. The van der Waals surface area contributed by atoms with Crippen LogP contribution in [0.15, 0.2) is 24.3 Å². The van der Waals surface area contributed by atoms with Crippen molar-refractivity contribution in [1.82, 2.24) is 5.32 Å². The number of β-amino-alcohol motifs (C(OH)–C–C–N with tert-alkyl or cyclic N) is 1. The molecule has 0 amide bonds. The lowest BCUT2D eigenvalue weighted by Gasteiger charge is -2.33. The number of hydrogen-bond donors (Lipinski definition) is 3. The standard InChI is InChI=1S/C12H17FN2O/c13-10-4-1-2-5-11(10)15-9-12(16)6-3-7-14-8-12/h1-2,4-5,14-16H,3,6-9H2. The Morgan fingerprint density at radius 2 is 2.25 bits per heavy atom. The van der Waals surface area contributed by atoms with Crippen LogP contribution in [0.4, 0.5) is 10.1 Å². The molecular formula is C12H17FN2O. The summed E-state index contributed by atoms with van der Waals surface area (Å²) >= 11 is 0. The highest BCUT2D eigenvalue weighted by Gasteiger charge is 2.28. The molecule has 1 aliphatic heterocycles. The molecule has 0 saturated carbocycles. The van der Waals surface area contributed by atoms with E-state index in [0.717, 1.165) is 19.4 Å². The Morgan fingerprint density at radius 3 is 2.94 bits per heavy atom. The number of aliphatic hydroxyl groups is 1. The number of halogens is 1. The van der Waals surface area contributed by atoms with Crippen molar-refractivity contribution >= 4 is 5.69 Å². The van der Waals surface area contributed by atoms with Crippen molar-refractivity contribution in [3.63, 3.8) is 0 Å². The van der Waals surface area contributed by atoms with Crippen LogP contribution < -0.4 is 10.6 Å². The van der Waals surface area contributed by atoms with Gasteiger partial charge >= 0.3 is 0 Å². The molecule has 16 heavy (non-hydrogen) atoms. The Kier molecular flexibility index (Phi) is 3.41. The third-order valence-corrected chi connectivity index (χ3v) is 2.93. The predicted molar refractivity (Wildman–Crippen MR) is 61.9 cm³/mol. The molecule has 2 rings (SSSR count). The average Bonchev–Trinajstić information content (AvgIpc) is 2.29. The summed E-state index contributed by atoms with van der Waals surface area (Å²) in [6, 6.07) is 6.51. The molecule has 1 heterocycles. The average molecular weight is 224 g/mol. The van der Waals surface area contributed by atoms with Crippen LogP contribution in [0.3, 0.4) is 0 Å². The molecule has 0 spiro atoms. The summed E-state index contributed by atoms with van der Waals surface area (Å²) in [6.07, 6.45) is 1.71. The minimum Gasteiger partial charge on any atom is -0.387 e. The van der Waals surface area contributed by atoms with E-state index in [1.807, 2.05) is 0 Å². The van der Waals surface area contributed by atoms with Crippen LogP contribution >= 0.6 is 0 Å². The Morgan fingerprint density at radius 1 is 1.44 bits per heavy atom. The normalized spacial score (nSPS) is 25.4. The zero-order chi connectivity index (χ0) is 11.4. The molecule has 1 saturated heterocycles. The molecule has 1 atom stereocenters. The maximum absolute atomic E-state index is 13.3. The second-order valence-corrected chi connectivity index (χ2v) is 4.34. The fourth-order valence-electron chi connectivity index (χ4n) is 1.97. The molecule has 1 aromatic carbocycles. The molecule has 1 aliphatic rings. The second-order valence-electron chi connectivity index (χ2n) is 4.34. The van der Waals surface area contributed by atoms with Crippen LogP contribution in [-0.4, -0.2) is 30.3 Å². The summed E-state index contributed by atoms with van der Waals surface area (Å²) in [6.45, 7) is 1.89. The third-order valence-electron chi connectivity index (χ3n) is 2.93. The molecule has 3 nitrogen and oxygen atoms in total. The van der Waals surface area contributed by atoms with Gasteiger partial charge in [-0.25, -0.2) is 4.39 Å². The van der Waals surface area contributed by atoms with E-state index in [0.29, 0.717) is 18.8 Å². The van der Waals surface area contributed by atoms with Crippen LogP contribution in [0.1, 0.15) is 12.8 Å². The van der Waals surface area contributed by atoms with Crippen molar-refractivity contribution in [1.29, 1.82) is 0 Å². The van der Waals surface area contributed by atoms with E-state index in [4.69, 9.17) is 0 Å². The molecule has 3 N–H and O–H groups in total. The second kappa shape index (κ2) is 4.80. The first-order valence-corrected chi connectivity index (χ1v) is 5.61. The monoisotopic (exact) mass is 224 g/mol. The van der Waals surface area contributed by atoms with Crippen LogP contribution in [0.5, 0.6) is 0 Å². The van der Waals surface area contributed by atoms with Crippen molar-refractivity contribution in [2.75, 3.05) is 25.0 Å². The first-order valence-electron chi connectivity index (χ1n) is 5.61. The fourth-order valence-corrected chi connectivity index (χ4v) is 1.97. The molecule has 4 heteroatoms. The Labute approximate surface area is 94.7 Å². The van der Waals surface area contributed by atoms with Crippen molar-refractivity contribution in [3.8, 4) is 0 Å².